The maximum absolute atomic E-state index is 13.0. The molecule has 6 heteroatoms. The zero-order chi connectivity index (χ0) is 20.5. The summed E-state index contributed by atoms with van der Waals surface area (Å²) in [6, 6.07) is 10.2. The molecule has 1 saturated carbocycles. The first-order valence-corrected chi connectivity index (χ1v) is 11.1. The fourth-order valence-corrected chi connectivity index (χ4v) is 5.20. The minimum atomic E-state index is -3.62. The van der Waals surface area contributed by atoms with E-state index in [2.05, 4.69) is 5.32 Å². The van der Waals surface area contributed by atoms with Gasteiger partial charge in [0.1, 0.15) is 0 Å². The Morgan fingerprint density at radius 1 is 1.04 bits per heavy atom. The number of anilines is 1. The van der Waals surface area contributed by atoms with Crippen molar-refractivity contribution in [2.24, 2.45) is 0 Å². The number of hydrogen-bond acceptors (Lipinski definition) is 3. The van der Waals surface area contributed by atoms with Crippen molar-refractivity contribution in [2.75, 3.05) is 12.4 Å². The summed E-state index contributed by atoms with van der Waals surface area (Å²) < 4.78 is 27.4. The molecule has 1 amide bonds. The number of rotatable bonds is 5. The van der Waals surface area contributed by atoms with Crippen LogP contribution < -0.4 is 5.32 Å². The van der Waals surface area contributed by atoms with E-state index in [0.29, 0.717) is 11.3 Å². The highest BCUT2D eigenvalue weighted by Gasteiger charge is 2.30. The molecule has 1 aliphatic carbocycles. The van der Waals surface area contributed by atoms with E-state index in [0.717, 1.165) is 36.8 Å². The van der Waals surface area contributed by atoms with Gasteiger partial charge in [-0.15, -0.1) is 0 Å². The maximum atomic E-state index is 13.0. The average Bonchev–Trinajstić information content (AvgIpc) is 3.20. The predicted molar refractivity (Wildman–Crippen MR) is 112 cm³/mol. The molecule has 1 N–H and O–H groups in total. The maximum Gasteiger partial charge on any atom is 0.255 e. The Bertz CT molecular complexity index is 970. The number of carbonyl (C=O) groups excluding carboxylic acids is 1. The van der Waals surface area contributed by atoms with Gasteiger partial charge in [0.15, 0.2) is 0 Å². The zero-order valence-electron chi connectivity index (χ0n) is 17.0. The Labute approximate surface area is 167 Å². The van der Waals surface area contributed by atoms with E-state index in [1.165, 1.54) is 15.9 Å². The van der Waals surface area contributed by atoms with Crippen molar-refractivity contribution in [2.45, 2.75) is 57.4 Å². The van der Waals surface area contributed by atoms with Gasteiger partial charge < -0.3 is 5.32 Å². The lowest BCUT2D eigenvalue weighted by molar-refractivity contribution is 0.102. The number of nitrogens with zero attached hydrogens (tertiary/aromatic N) is 1. The van der Waals surface area contributed by atoms with Gasteiger partial charge in [-0.3, -0.25) is 4.79 Å². The van der Waals surface area contributed by atoms with Crippen LogP contribution in [0.1, 0.15) is 52.7 Å². The summed E-state index contributed by atoms with van der Waals surface area (Å²) in [4.78, 5) is 12.9. The quantitative estimate of drug-likeness (QED) is 0.807. The van der Waals surface area contributed by atoms with E-state index in [9.17, 15) is 13.2 Å². The lowest BCUT2D eigenvalue weighted by Gasteiger charge is -2.23. The lowest BCUT2D eigenvalue weighted by Crippen LogP contribution is -2.35. The molecule has 0 unspecified atom stereocenters. The molecule has 0 atom stereocenters. The van der Waals surface area contributed by atoms with Crippen LogP contribution in [0.4, 0.5) is 5.69 Å². The summed E-state index contributed by atoms with van der Waals surface area (Å²) >= 11 is 0. The van der Waals surface area contributed by atoms with Crippen molar-refractivity contribution in [3.63, 3.8) is 0 Å². The fraction of sp³-hybridized carbons (Fsp3) is 0.409. The van der Waals surface area contributed by atoms with E-state index in [4.69, 9.17) is 0 Å². The van der Waals surface area contributed by atoms with Gasteiger partial charge in [0, 0.05) is 24.3 Å². The molecule has 2 aromatic rings. The molecule has 2 aromatic carbocycles. The minimum absolute atomic E-state index is 0.0426. The van der Waals surface area contributed by atoms with Crippen LogP contribution in [0.5, 0.6) is 0 Å². The standard InChI is InChI=1S/C22H28N2O3S/c1-15-12-19(13-16(2)17(15)3)23-22(25)18-8-7-11-21(14-18)28(26,27)24(4)20-9-5-6-10-20/h7-8,11-14,20H,5-6,9-10H2,1-4H3,(H,23,25). The second-order valence-corrected chi connectivity index (χ2v) is 9.67. The van der Waals surface area contributed by atoms with E-state index in [1.807, 2.05) is 32.9 Å². The summed E-state index contributed by atoms with van der Waals surface area (Å²) in [6.45, 7) is 6.06. The first kappa shape index (κ1) is 20.6. The molecule has 0 bridgehead atoms. The fourth-order valence-electron chi connectivity index (χ4n) is 3.74. The normalized spacial score (nSPS) is 15.2. The number of benzene rings is 2. The average molecular weight is 401 g/mol. The highest BCUT2D eigenvalue weighted by Crippen LogP contribution is 2.27. The van der Waals surface area contributed by atoms with Gasteiger partial charge in [-0.25, -0.2) is 8.42 Å². The van der Waals surface area contributed by atoms with Gasteiger partial charge in [0.2, 0.25) is 10.0 Å². The first-order chi connectivity index (χ1) is 13.2. The monoisotopic (exact) mass is 400 g/mol. The van der Waals surface area contributed by atoms with Crippen molar-refractivity contribution in [3.8, 4) is 0 Å². The Morgan fingerprint density at radius 2 is 1.64 bits per heavy atom. The number of sulfonamides is 1. The molecule has 0 radical (unpaired) electrons. The van der Waals surface area contributed by atoms with Crippen LogP contribution in [0.15, 0.2) is 41.3 Å². The summed E-state index contributed by atoms with van der Waals surface area (Å²) in [7, 11) is -1.98. The van der Waals surface area contributed by atoms with E-state index in [-0.39, 0.29) is 16.8 Å². The minimum Gasteiger partial charge on any atom is -0.322 e. The molecule has 0 aromatic heterocycles. The first-order valence-electron chi connectivity index (χ1n) is 9.67. The Morgan fingerprint density at radius 3 is 2.25 bits per heavy atom. The van der Waals surface area contributed by atoms with Crippen LogP contribution in [0.2, 0.25) is 0 Å². The molecule has 5 nitrogen and oxygen atoms in total. The third kappa shape index (κ3) is 4.13. The summed E-state index contributed by atoms with van der Waals surface area (Å²) in [6.07, 6.45) is 3.90. The predicted octanol–water partition coefficient (Wildman–Crippen LogP) is 4.43. The van der Waals surface area contributed by atoms with Crippen molar-refractivity contribution >= 4 is 21.6 Å². The lowest BCUT2D eigenvalue weighted by atomic mass is 10.0. The largest absolute Gasteiger partial charge is 0.322 e. The van der Waals surface area contributed by atoms with Crippen LogP contribution in [0, 0.1) is 20.8 Å². The van der Waals surface area contributed by atoms with Crippen LogP contribution >= 0.6 is 0 Å². The van der Waals surface area contributed by atoms with Crippen molar-refractivity contribution < 1.29 is 13.2 Å². The highest BCUT2D eigenvalue weighted by atomic mass is 32.2. The van der Waals surface area contributed by atoms with Crippen molar-refractivity contribution in [3.05, 3.63) is 58.7 Å². The van der Waals surface area contributed by atoms with Crippen LogP contribution in [-0.4, -0.2) is 31.7 Å². The third-order valence-corrected chi connectivity index (χ3v) is 7.70. The van der Waals surface area contributed by atoms with Gasteiger partial charge >= 0.3 is 0 Å². The van der Waals surface area contributed by atoms with Gasteiger partial charge in [0.05, 0.1) is 4.90 Å². The third-order valence-electron chi connectivity index (χ3n) is 5.80. The Hall–Kier alpha value is -2.18. The second kappa shape index (κ2) is 8.05. The molecule has 0 aliphatic heterocycles. The summed E-state index contributed by atoms with van der Waals surface area (Å²) in [5, 5.41) is 2.88. The Kier molecular flexibility index (Phi) is 5.91. The topological polar surface area (TPSA) is 66.5 Å². The van der Waals surface area contributed by atoms with Crippen LogP contribution in [-0.2, 0) is 10.0 Å². The van der Waals surface area contributed by atoms with E-state index < -0.39 is 10.0 Å². The molecule has 3 rings (SSSR count). The molecular formula is C22H28N2O3S. The van der Waals surface area contributed by atoms with Crippen LogP contribution in [0.25, 0.3) is 0 Å². The molecule has 0 spiro atoms. The SMILES string of the molecule is Cc1cc(NC(=O)c2cccc(S(=O)(=O)N(C)C3CCCC3)c2)cc(C)c1C. The zero-order valence-corrected chi connectivity index (χ0v) is 17.8. The molecule has 150 valence electrons. The van der Waals surface area contributed by atoms with Gasteiger partial charge in [-0.05, 0) is 80.6 Å². The second-order valence-electron chi connectivity index (χ2n) is 7.68. The Balaban J connectivity index is 1.83. The van der Waals surface area contributed by atoms with Gasteiger partial charge in [-0.2, -0.15) is 4.31 Å². The number of carbonyl (C=O) groups is 1. The molecule has 0 saturated heterocycles. The summed E-state index contributed by atoms with van der Waals surface area (Å²) in [5.41, 5.74) is 4.44. The molecule has 1 aliphatic rings. The molecule has 0 heterocycles. The number of hydrogen-bond donors (Lipinski definition) is 1. The van der Waals surface area contributed by atoms with Crippen LogP contribution in [0.3, 0.4) is 0 Å². The highest BCUT2D eigenvalue weighted by molar-refractivity contribution is 7.89. The van der Waals surface area contributed by atoms with Gasteiger partial charge in [0.25, 0.3) is 5.91 Å². The van der Waals surface area contributed by atoms with Crippen molar-refractivity contribution in [1.29, 1.82) is 0 Å². The summed E-state index contributed by atoms with van der Waals surface area (Å²) in [5.74, 6) is -0.316. The number of amides is 1. The number of aryl methyl sites for hydroxylation is 2. The number of nitrogens with one attached hydrogen (secondary N) is 1. The molecule has 28 heavy (non-hydrogen) atoms. The van der Waals surface area contributed by atoms with Crippen molar-refractivity contribution in [1.82, 2.24) is 4.31 Å². The van der Waals surface area contributed by atoms with E-state index in [1.54, 1.807) is 25.2 Å². The van der Waals surface area contributed by atoms with Gasteiger partial charge in [-0.1, -0.05) is 18.9 Å². The smallest absolute Gasteiger partial charge is 0.255 e. The molecular weight excluding hydrogens is 372 g/mol. The van der Waals surface area contributed by atoms with E-state index >= 15 is 0 Å². The molecule has 1 fully saturated rings.